The van der Waals surface area contributed by atoms with Gasteiger partial charge in [0.2, 0.25) is 5.89 Å². The summed E-state index contributed by atoms with van der Waals surface area (Å²) < 4.78 is 6.89. The predicted octanol–water partition coefficient (Wildman–Crippen LogP) is 1.89. The molecule has 0 saturated carbocycles. The smallest absolute Gasteiger partial charge is 0.254 e. The Bertz CT molecular complexity index is 899. The Morgan fingerprint density at radius 1 is 1.42 bits per heavy atom. The van der Waals surface area contributed by atoms with Crippen LogP contribution >= 0.6 is 0 Å². The third-order valence-electron chi connectivity index (χ3n) is 4.46. The quantitative estimate of drug-likeness (QED) is 0.730. The molecule has 0 spiro atoms. The number of carbonyl (C=O) groups is 1. The first-order chi connectivity index (χ1) is 11.7. The van der Waals surface area contributed by atoms with E-state index >= 15 is 0 Å². The number of benzene rings is 1. The molecule has 1 atom stereocenters. The third kappa shape index (κ3) is 2.34. The minimum absolute atomic E-state index is 0.0344. The first-order valence-corrected chi connectivity index (χ1v) is 8.10. The number of aryl methyl sites for hydroxylation is 2. The lowest BCUT2D eigenvalue weighted by Gasteiger charge is -2.22. The number of fused-ring (bicyclic) bond motifs is 1. The number of rotatable bonds is 3. The molecule has 1 aromatic carbocycles. The average molecular weight is 326 g/mol. The number of nitrogens with zero attached hydrogens (tertiary/aromatic N) is 6. The Morgan fingerprint density at radius 3 is 3.08 bits per heavy atom. The van der Waals surface area contributed by atoms with Crippen molar-refractivity contribution < 1.29 is 9.32 Å². The Balaban J connectivity index is 1.63. The van der Waals surface area contributed by atoms with Crippen molar-refractivity contribution in [2.75, 3.05) is 6.54 Å². The Labute approximate surface area is 138 Å². The molecule has 0 N–H and O–H groups in total. The van der Waals surface area contributed by atoms with Gasteiger partial charge in [-0.25, -0.2) is 4.68 Å². The maximum atomic E-state index is 12.9. The second-order valence-electron chi connectivity index (χ2n) is 5.97. The van der Waals surface area contributed by atoms with Crippen LogP contribution < -0.4 is 0 Å². The van der Waals surface area contributed by atoms with Crippen LogP contribution in [-0.2, 0) is 13.5 Å². The highest BCUT2D eigenvalue weighted by Gasteiger charge is 2.34. The number of aromatic nitrogens is 5. The monoisotopic (exact) mass is 326 g/mol. The molecule has 1 aliphatic heterocycles. The SMILES string of the molecule is CCc1nc([C@H]2CCCN2C(=O)c2ccc3c(c2)nnn3C)no1. The van der Waals surface area contributed by atoms with Crippen LogP contribution in [0.4, 0.5) is 0 Å². The molecule has 124 valence electrons. The van der Waals surface area contributed by atoms with Gasteiger partial charge in [0.25, 0.3) is 5.91 Å². The van der Waals surface area contributed by atoms with Gasteiger partial charge in [-0.05, 0) is 31.0 Å². The molecule has 2 aromatic heterocycles. The van der Waals surface area contributed by atoms with Gasteiger partial charge in [-0.15, -0.1) is 5.10 Å². The maximum absolute atomic E-state index is 12.9. The van der Waals surface area contributed by atoms with Crippen molar-refractivity contribution in [2.24, 2.45) is 7.05 Å². The molecule has 1 saturated heterocycles. The minimum atomic E-state index is -0.126. The predicted molar refractivity (Wildman–Crippen MR) is 85.2 cm³/mol. The van der Waals surface area contributed by atoms with Gasteiger partial charge >= 0.3 is 0 Å². The molecular weight excluding hydrogens is 308 g/mol. The summed E-state index contributed by atoms with van der Waals surface area (Å²) in [5, 5.41) is 12.1. The number of hydrogen-bond donors (Lipinski definition) is 0. The lowest BCUT2D eigenvalue weighted by Crippen LogP contribution is -2.31. The van der Waals surface area contributed by atoms with Crippen LogP contribution in [0.5, 0.6) is 0 Å². The molecule has 8 nitrogen and oxygen atoms in total. The molecule has 8 heteroatoms. The molecular formula is C16H18N6O2. The molecule has 3 aromatic rings. The molecule has 0 unspecified atom stereocenters. The Kier molecular flexibility index (Phi) is 3.51. The van der Waals surface area contributed by atoms with Gasteiger partial charge in [0.05, 0.1) is 11.6 Å². The van der Waals surface area contributed by atoms with E-state index in [-0.39, 0.29) is 11.9 Å². The molecule has 0 aliphatic carbocycles. The highest BCUT2D eigenvalue weighted by atomic mass is 16.5. The van der Waals surface area contributed by atoms with E-state index in [2.05, 4.69) is 20.5 Å². The molecule has 1 amide bonds. The molecule has 0 bridgehead atoms. The summed E-state index contributed by atoms with van der Waals surface area (Å²) in [5.41, 5.74) is 2.22. The van der Waals surface area contributed by atoms with E-state index in [1.807, 2.05) is 31.0 Å². The Morgan fingerprint density at radius 2 is 2.29 bits per heavy atom. The van der Waals surface area contributed by atoms with Crippen molar-refractivity contribution in [2.45, 2.75) is 32.2 Å². The summed E-state index contributed by atoms with van der Waals surface area (Å²) in [6.07, 6.45) is 2.47. The highest BCUT2D eigenvalue weighted by molar-refractivity contribution is 5.97. The molecule has 4 rings (SSSR count). The topological polar surface area (TPSA) is 89.9 Å². The van der Waals surface area contributed by atoms with E-state index in [1.54, 1.807) is 10.7 Å². The molecule has 3 heterocycles. The van der Waals surface area contributed by atoms with E-state index in [9.17, 15) is 4.79 Å². The van der Waals surface area contributed by atoms with Crippen LogP contribution in [-0.4, -0.2) is 42.5 Å². The van der Waals surface area contributed by atoms with Crippen LogP contribution in [0.3, 0.4) is 0 Å². The fourth-order valence-electron chi connectivity index (χ4n) is 3.16. The standard InChI is InChI=1S/C16H18N6O2/c1-3-14-17-15(19-24-14)13-5-4-8-22(13)16(23)10-6-7-12-11(9-10)18-20-21(12)2/h6-7,9,13H,3-5,8H2,1-2H3/t13-/m1/s1. The second-order valence-corrected chi connectivity index (χ2v) is 5.97. The van der Waals surface area contributed by atoms with Crippen LogP contribution in [0.15, 0.2) is 22.7 Å². The number of hydrogen-bond acceptors (Lipinski definition) is 6. The number of amides is 1. The summed E-state index contributed by atoms with van der Waals surface area (Å²) in [6, 6.07) is 5.35. The molecule has 1 fully saturated rings. The summed E-state index contributed by atoms with van der Waals surface area (Å²) in [4.78, 5) is 19.2. The minimum Gasteiger partial charge on any atom is -0.339 e. The summed E-state index contributed by atoms with van der Waals surface area (Å²) in [6.45, 7) is 2.66. The second kappa shape index (κ2) is 5.70. The largest absolute Gasteiger partial charge is 0.339 e. The molecule has 0 radical (unpaired) electrons. The van der Waals surface area contributed by atoms with Gasteiger partial charge < -0.3 is 9.42 Å². The fourth-order valence-corrected chi connectivity index (χ4v) is 3.16. The lowest BCUT2D eigenvalue weighted by atomic mass is 10.1. The van der Waals surface area contributed by atoms with Crippen LogP contribution in [0.1, 0.15) is 47.9 Å². The molecule has 24 heavy (non-hydrogen) atoms. The summed E-state index contributed by atoms with van der Waals surface area (Å²) in [7, 11) is 1.83. The van der Waals surface area contributed by atoms with E-state index in [0.29, 0.717) is 35.8 Å². The zero-order valence-electron chi connectivity index (χ0n) is 13.6. The zero-order chi connectivity index (χ0) is 16.7. The third-order valence-corrected chi connectivity index (χ3v) is 4.46. The van der Waals surface area contributed by atoms with Gasteiger partial charge in [0.15, 0.2) is 5.82 Å². The molecule has 1 aliphatic rings. The normalized spacial score (nSPS) is 17.8. The number of carbonyl (C=O) groups excluding carboxylic acids is 1. The van der Waals surface area contributed by atoms with Crippen LogP contribution in [0.2, 0.25) is 0 Å². The van der Waals surface area contributed by atoms with Gasteiger partial charge in [0.1, 0.15) is 5.52 Å². The van der Waals surface area contributed by atoms with E-state index in [1.165, 1.54) is 0 Å². The van der Waals surface area contributed by atoms with Crippen LogP contribution in [0.25, 0.3) is 11.0 Å². The van der Waals surface area contributed by atoms with Crippen molar-refractivity contribution >= 4 is 16.9 Å². The highest BCUT2D eigenvalue weighted by Crippen LogP contribution is 2.31. The van der Waals surface area contributed by atoms with E-state index < -0.39 is 0 Å². The summed E-state index contributed by atoms with van der Waals surface area (Å²) in [5.74, 6) is 1.16. The van der Waals surface area contributed by atoms with E-state index in [0.717, 1.165) is 18.4 Å². The van der Waals surface area contributed by atoms with Crippen LogP contribution in [0, 0.1) is 0 Å². The van der Waals surface area contributed by atoms with Crippen molar-refractivity contribution in [3.8, 4) is 0 Å². The zero-order valence-corrected chi connectivity index (χ0v) is 13.6. The fraction of sp³-hybridized carbons (Fsp3) is 0.438. The van der Waals surface area contributed by atoms with Gasteiger partial charge in [-0.1, -0.05) is 17.3 Å². The summed E-state index contributed by atoms with van der Waals surface area (Å²) >= 11 is 0. The first-order valence-electron chi connectivity index (χ1n) is 8.10. The van der Waals surface area contributed by atoms with Crippen molar-refractivity contribution in [3.05, 3.63) is 35.5 Å². The van der Waals surface area contributed by atoms with Gasteiger partial charge in [0, 0.05) is 25.6 Å². The first kappa shape index (κ1) is 14.8. The van der Waals surface area contributed by atoms with Crippen molar-refractivity contribution in [3.63, 3.8) is 0 Å². The Hall–Kier alpha value is -2.77. The maximum Gasteiger partial charge on any atom is 0.254 e. The number of likely N-dealkylation sites (tertiary alicyclic amines) is 1. The van der Waals surface area contributed by atoms with Crippen molar-refractivity contribution in [1.29, 1.82) is 0 Å². The van der Waals surface area contributed by atoms with Gasteiger partial charge in [-0.3, -0.25) is 4.79 Å². The lowest BCUT2D eigenvalue weighted by molar-refractivity contribution is 0.0728. The average Bonchev–Trinajstić information content (AvgIpc) is 3.33. The van der Waals surface area contributed by atoms with E-state index in [4.69, 9.17) is 4.52 Å². The van der Waals surface area contributed by atoms with Gasteiger partial charge in [-0.2, -0.15) is 4.98 Å². The van der Waals surface area contributed by atoms with Crippen molar-refractivity contribution in [1.82, 2.24) is 30.0 Å².